The van der Waals surface area contributed by atoms with Crippen LogP contribution in [0.5, 0.6) is 0 Å². The van der Waals surface area contributed by atoms with E-state index in [1.807, 2.05) is 19.1 Å². The number of halogens is 1. The summed E-state index contributed by atoms with van der Waals surface area (Å²) in [5, 5.41) is 0. The highest BCUT2D eigenvalue weighted by Crippen LogP contribution is 2.25. The van der Waals surface area contributed by atoms with Gasteiger partial charge in [-0.1, -0.05) is 6.07 Å². The molecular formula is C12H16BrNO3S. The lowest BCUT2D eigenvalue weighted by Gasteiger charge is -2.13. The van der Waals surface area contributed by atoms with Crippen LogP contribution < -0.4 is 4.72 Å². The summed E-state index contributed by atoms with van der Waals surface area (Å²) in [6.45, 7) is 2.58. The van der Waals surface area contributed by atoms with E-state index in [1.165, 1.54) is 0 Å². The molecule has 1 aliphatic rings. The van der Waals surface area contributed by atoms with Crippen LogP contribution in [-0.2, 0) is 14.8 Å². The van der Waals surface area contributed by atoms with Gasteiger partial charge in [0.05, 0.1) is 17.5 Å². The number of ether oxygens (including phenoxy) is 1. The molecule has 1 fully saturated rings. The van der Waals surface area contributed by atoms with Crippen LogP contribution in [0, 0.1) is 6.92 Å². The third-order valence-corrected chi connectivity index (χ3v) is 4.85. The van der Waals surface area contributed by atoms with E-state index in [0.717, 1.165) is 22.9 Å². The summed E-state index contributed by atoms with van der Waals surface area (Å²) in [5.41, 5.74) is 1.58. The predicted octanol–water partition coefficient (Wildman–Crippen LogP) is 2.68. The van der Waals surface area contributed by atoms with Crippen LogP contribution in [0.25, 0.3) is 0 Å². The minimum absolute atomic E-state index is 0.0212. The Morgan fingerprint density at radius 2 is 2.28 bits per heavy atom. The summed E-state index contributed by atoms with van der Waals surface area (Å²) in [7, 11) is -3.36. The molecule has 0 bridgehead atoms. The Bertz CT molecular complexity index is 524. The smallest absolute Gasteiger partial charge is 0.235 e. The molecule has 1 heterocycles. The predicted molar refractivity (Wildman–Crippen MR) is 75.3 cm³/mol. The monoisotopic (exact) mass is 333 g/mol. The Kier molecular flexibility index (Phi) is 4.29. The van der Waals surface area contributed by atoms with Crippen molar-refractivity contribution in [1.82, 2.24) is 0 Å². The van der Waals surface area contributed by atoms with Gasteiger partial charge in [0.1, 0.15) is 0 Å². The maximum Gasteiger partial charge on any atom is 0.235 e. The summed E-state index contributed by atoms with van der Waals surface area (Å²) in [6.07, 6.45) is 1.58. The van der Waals surface area contributed by atoms with E-state index < -0.39 is 10.0 Å². The highest BCUT2D eigenvalue weighted by Gasteiger charge is 2.23. The first-order valence-corrected chi connectivity index (χ1v) is 8.29. The SMILES string of the molecule is Cc1ccc(Br)c(NS(=O)(=O)CC2CCCO2)c1. The van der Waals surface area contributed by atoms with Crippen LogP contribution >= 0.6 is 15.9 Å². The summed E-state index contributed by atoms with van der Waals surface area (Å²) in [6, 6.07) is 5.55. The van der Waals surface area contributed by atoms with Gasteiger partial charge in [0.2, 0.25) is 10.0 Å². The van der Waals surface area contributed by atoms with E-state index in [0.29, 0.717) is 12.3 Å². The molecule has 4 nitrogen and oxygen atoms in total. The van der Waals surface area contributed by atoms with Crippen molar-refractivity contribution in [3.63, 3.8) is 0 Å². The van der Waals surface area contributed by atoms with Crippen molar-refractivity contribution in [2.24, 2.45) is 0 Å². The molecule has 1 aliphatic heterocycles. The van der Waals surface area contributed by atoms with E-state index in [9.17, 15) is 8.42 Å². The third-order valence-electron chi connectivity index (χ3n) is 2.82. The van der Waals surface area contributed by atoms with Gasteiger partial charge in [-0.3, -0.25) is 4.72 Å². The van der Waals surface area contributed by atoms with Crippen molar-refractivity contribution in [3.05, 3.63) is 28.2 Å². The first-order chi connectivity index (χ1) is 8.46. The van der Waals surface area contributed by atoms with Crippen molar-refractivity contribution < 1.29 is 13.2 Å². The fourth-order valence-corrected chi connectivity index (χ4v) is 3.76. The fourth-order valence-electron chi connectivity index (χ4n) is 1.95. The number of benzene rings is 1. The zero-order valence-electron chi connectivity index (χ0n) is 10.1. The van der Waals surface area contributed by atoms with Crippen molar-refractivity contribution in [2.45, 2.75) is 25.9 Å². The summed E-state index contributed by atoms with van der Waals surface area (Å²) in [5.74, 6) is 0.0212. The molecule has 1 saturated heterocycles. The van der Waals surface area contributed by atoms with E-state index in [1.54, 1.807) is 6.07 Å². The Morgan fingerprint density at radius 3 is 2.94 bits per heavy atom. The molecule has 100 valence electrons. The second-order valence-electron chi connectivity index (χ2n) is 4.50. The van der Waals surface area contributed by atoms with Gasteiger partial charge < -0.3 is 4.74 Å². The lowest BCUT2D eigenvalue weighted by Crippen LogP contribution is -2.25. The van der Waals surface area contributed by atoms with Gasteiger partial charge in [0.25, 0.3) is 0 Å². The van der Waals surface area contributed by atoms with Gasteiger partial charge in [-0.05, 0) is 53.4 Å². The topological polar surface area (TPSA) is 55.4 Å². The standard InChI is InChI=1S/C12H16BrNO3S/c1-9-4-5-11(13)12(7-9)14-18(15,16)8-10-3-2-6-17-10/h4-5,7,10,14H,2-3,6,8H2,1H3. The molecule has 1 atom stereocenters. The maximum atomic E-state index is 12.0. The van der Waals surface area contributed by atoms with Crippen molar-refractivity contribution >= 4 is 31.6 Å². The van der Waals surface area contributed by atoms with Crippen LogP contribution in [-0.4, -0.2) is 26.9 Å². The first-order valence-electron chi connectivity index (χ1n) is 5.84. The molecule has 0 spiro atoms. The second-order valence-corrected chi connectivity index (χ2v) is 7.12. The van der Waals surface area contributed by atoms with Gasteiger partial charge in [-0.15, -0.1) is 0 Å². The van der Waals surface area contributed by atoms with E-state index >= 15 is 0 Å². The molecule has 18 heavy (non-hydrogen) atoms. The summed E-state index contributed by atoms with van der Waals surface area (Å²) in [4.78, 5) is 0. The molecule has 0 saturated carbocycles. The number of nitrogens with one attached hydrogen (secondary N) is 1. The Labute approximate surface area is 116 Å². The number of rotatable bonds is 4. The van der Waals surface area contributed by atoms with Gasteiger partial charge in [0.15, 0.2) is 0 Å². The Hall–Kier alpha value is -0.590. The minimum Gasteiger partial charge on any atom is -0.377 e. The van der Waals surface area contributed by atoms with Crippen LogP contribution in [0.4, 0.5) is 5.69 Å². The number of aryl methyl sites for hydroxylation is 1. The van der Waals surface area contributed by atoms with Crippen molar-refractivity contribution in [1.29, 1.82) is 0 Å². The molecule has 6 heteroatoms. The molecule has 1 aromatic rings. The molecule has 2 rings (SSSR count). The molecule has 1 unspecified atom stereocenters. The first kappa shape index (κ1) is 13.8. The van der Waals surface area contributed by atoms with Crippen LogP contribution in [0.15, 0.2) is 22.7 Å². The molecule has 1 aromatic carbocycles. The molecule has 1 N–H and O–H groups in total. The average molecular weight is 334 g/mol. The Balaban J connectivity index is 2.09. The molecule has 0 amide bonds. The van der Waals surface area contributed by atoms with Crippen LogP contribution in [0.2, 0.25) is 0 Å². The van der Waals surface area contributed by atoms with Gasteiger partial charge >= 0.3 is 0 Å². The Morgan fingerprint density at radius 1 is 1.50 bits per heavy atom. The average Bonchev–Trinajstić information content (AvgIpc) is 2.75. The molecule has 0 radical (unpaired) electrons. The number of hydrogen-bond acceptors (Lipinski definition) is 3. The normalized spacial score (nSPS) is 20.0. The molecular weight excluding hydrogens is 318 g/mol. The fraction of sp³-hybridized carbons (Fsp3) is 0.500. The van der Waals surface area contributed by atoms with Crippen LogP contribution in [0.1, 0.15) is 18.4 Å². The zero-order valence-corrected chi connectivity index (χ0v) is 12.6. The number of anilines is 1. The number of hydrogen-bond donors (Lipinski definition) is 1. The molecule has 0 aliphatic carbocycles. The van der Waals surface area contributed by atoms with Gasteiger partial charge in [-0.25, -0.2) is 8.42 Å². The summed E-state index contributed by atoms with van der Waals surface area (Å²) < 4.78 is 32.7. The van der Waals surface area contributed by atoms with Gasteiger partial charge in [0, 0.05) is 11.1 Å². The molecule has 0 aromatic heterocycles. The second kappa shape index (κ2) is 5.59. The lowest BCUT2D eigenvalue weighted by molar-refractivity contribution is 0.127. The van der Waals surface area contributed by atoms with E-state index in [-0.39, 0.29) is 11.9 Å². The minimum atomic E-state index is -3.36. The van der Waals surface area contributed by atoms with E-state index in [4.69, 9.17) is 4.74 Å². The van der Waals surface area contributed by atoms with Crippen molar-refractivity contribution in [2.75, 3.05) is 17.1 Å². The van der Waals surface area contributed by atoms with Crippen molar-refractivity contribution in [3.8, 4) is 0 Å². The van der Waals surface area contributed by atoms with Crippen LogP contribution in [0.3, 0.4) is 0 Å². The number of sulfonamides is 1. The third kappa shape index (κ3) is 3.70. The summed E-state index contributed by atoms with van der Waals surface area (Å²) >= 11 is 3.34. The highest BCUT2D eigenvalue weighted by atomic mass is 79.9. The highest BCUT2D eigenvalue weighted by molar-refractivity contribution is 9.10. The largest absolute Gasteiger partial charge is 0.377 e. The lowest BCUT2D eigenvalue weighted by atomic mass is 10.2. The zero-order chi connectivity index (χ0) is 13.2. The van der Waals surface area contributed by atoms with Gasteiger partial charge in [-0.2, -0.15) is 0 Å². The maximum absolute atomic E-state index is 12.0. The quantitative estimate of drug-likeness (QED) is 0.921. The van der Waals surface area contributed by atoms with E-state index in [2.05, 4.69) is 20.7 Å².